The van der Waals surface area contributed by atoms with Gasteiger partial charge in [-0.3, -0.25) is 0 Å². The van der Waals surface area contributed by atoms with Crippen LogP contribution in [0.1, 0.15) is 17.7 Å². The fourth-order valence-electron chi connectivity index (χ4n) is 0.907. The molecule has 0 atom stereocenters. The number of alkyl halides is 2. The fourth-order valence-corrected chi connectivity index (χ4v) is 0.907. The van der Waals surface area contributed by atoms with Crippen molar-refractivity contribution in [3.05, 3.63) is 17.3 Å². The van der Waals surface area contributed by atoms with Crippen LogP contribution in [0.3, 0.4) is 0 Å². The van der Waals surface area contributed by atoms with Crippen molar-refractivity contribution in [2.24, 2.45) is 0 Å². The Morgan fingerprint density at radius 3 is 2.71 bits per heavy atom. The van der Waals surface area contributed by atoms with Gasteiger partial charge in [0.15, 0.2) is 11.4 Å². The van der Waals surface area contributed by atoms with Gasteiger partial charge in [0.1, 0.15) is 6.07 Å². The van der Waals surface area contributed by atoms with Crippen LogP contribution in [0.2, 0.25) is 0 Å². The summed E-state index contributed by atoms with van der Waals surface area (Å²) in [5.41, 5.74) is -1.06. The monoisotopic (exact) mass is 200 g/mol. The number of nitrogens with zero attached hydrogens (tertiary/aromatic N) is 2. The lowest BCUT2D eigenvalue weighted by atomic mass is 10.2. The van der Waals surface area contributed by atoms with E-state index in [1.54, 1.807) is 0 Å². The van der Waals surface area contributed by atoms with Gasteiger partial charge >= 0.3 is 0 Å². The van der Waals surface area contributed by atoms with Crippen molar-refractivity contribution in [2.75, 3.05) is 7.11 Å². The molecule has 4 nitrogen and oxygen atoms in total. The van der Waals surface area contributed by atoms with E-state index < -0.39 is 23.4 Å². The number of halogens is 2. The average molecular weight is 200 g/mol. The van der Waals surface area contributed by atoms with Crippen molar-refractivity contribution >= 4 is 0 Å². The summed E-state index contributed by atoms with van der Waals surface area (Å²) in [5, 5.41) is 17.6. The van der Waals surface area contributed by atoms with Crippen LogP contribution in [0.4, 0.5) is 8.78 Å². The lowest BCUT2D eigenvalue weighted by Crippen LogP contribution is -1.97. The molecule has 1 rings (SSSR count). The Morgan fingerprint density at radius 1 is 1.64 bits per heavy atom. The van der Waals surface area contributed by atoms with Crippen molar-refractivity contribution in [1.82, 2.24) is 4.98 Å². The summed E-state index contributed by atoms with van der Waals surface area (Å²) < 4.78 is 29.1. The highest BCUT2D eigenvalue weighted by Crippen LogP contribution is 2.30. The minimum Gasteiger partial charge on any atom is -0.503 e. The molecule has 1 aromatic heterocycles. The molecule has 0 bridgehead atoms. The average Bonchev–Trinajstić information content (AvgIpc) is 2.17. The Morgan fingerprint density at radius 2 is 2.29 bits per heavy atom. The summed E-state index contributed by atoms with van der Waals surface area (Å²) in [6.07, 6.45) is -2.85. The molecule has 1 N–H and O–H groups in total. The molecule has 0 saturated carbocycles. The first-order valence-corrected chi connectivity index (χ1v) is 3.56. The molecule has 1 heterocycles. The van der Waals surface area contributed by atoms with E-state index in [1.165, 1.54) is 13.2 Å². The highest BCUT2D eigenvalue weighted by Gasteiger charge is 2.18. The van der Waals surface area contributed by atoms with Gasteiger partial charge in [-0.05, 0) is 6.07 Å². The number of methoxy groups -OCH3 is 1. The third kappa shape index (κ3) is 1.71. The van der Waals surface area contributed by atoms with E-state index in [0.29, 0.717) is 0 Å². The fraction of sp³-hybridized carbons (Fsp3) is 0.250. The van der Waals surface area contributed by atoms with Gasteiger partial charge in [-0.1, -0.05) is 0 Å². The molecule has 1 aromatic rings. The minimum absolute atomic E-state index is 0.244. The largest absolute Gasteiger partial charge is 0.503 e. The van der Waals surface area contributed by atoms with Gasteiger partial charge in [-0.2, -0.15) is 10.2 Å². The molecule has 0 aliphatic heterocycles. The number of rotatable bonds is 2. The number of aromatic nitrogens is 1. The summed E-state index contributed by atoms with van der Waals surface area (Å²) in [7, 11) is 1.21. The van der Waals surface area contributed by atoms with E-state index in [2.05, 4.69) is 9.72 Å². The Balaban J connectivity index is 3.33. The number of nitriles is 1. The number of hydrogen-bond donors (Lipinski definition) is 1. The smallest absolute Gasteiger partial charge is 0.266 e. The molecule has 0 aromatic carbocycles. The van der Waals surface area contributed by atoms with Crippen LogP contribution in [-0.2, 0) is 0 Å². The zero-order valence-electron chi connectivity index (χ0n) is 7.16. The molecule has 0 amide bonds. The molecule has 6 heteroatoms. The maximum atomic E-state index is 12.3. The van der Waals surface area contributed by atoms with E-state index in [1.807, 2.05) is 0 Å². The lowest BCUT2D eigenvalue weighted by Gasteiger charge is -2.06. The molecule has 0 fully saturated rings. The molecule has 14 heavy (non-hydrogen) atoms. The van der Waals surface area contributed by atoms with E-state index in [-0.39, 0.29) is 5.88 Å². The van der Waals surface area contributed by atoms with Crippen molar-refractivity contribution in [2.45, 2.75) is 6.43 Å². The van der Waals surface area contributed by atoms with E-state index in [0.717, 1.165) is 6.07 Å². The number of pyridine rings is 1. The molecule has 74 valence electrons. The minimum atomic E-state index is -2.85. The van der Waals surface area contributed by atoms with Gasteiger partial charge in [-0.15, -0.1) is 0 Å². The van der Waals surface area contributed by atoms with Crippen molar-refractivity contribution in [1.29, 1.82) is 5.26 Å². The Bertz CT molecular complexity index is 388. The van der Waals surface area contributed by atoms with E-state index in [9.17, 15) is 8.78 Å². The zero-order valence-corrected chi connectivity index (χ0v) is 7.16. The third-order valence-electron chi connectivity index (χ3n) is 1.53. The number of hydrogen-bond acceptors (Lipinski definition) is 4. The Hall–Kier alpha value is -1.90. The highest BCUT2D eigenvalue weighted by molar-refractivity contribution is 5.43. The van der Waals surface area contributed by atoms with Gasteiger partial charge in [0.2, 0.25) is 0 Å². The molecule has 0 radical (unpaired) electrons. The topological polar surface area (TPSA) is 66.1 Å². The summed E-state index contributed by atoms with van der Waals surface area (Å²) in [6, 6.07) is 2.27. The highest BCUT2D eigenvalue weighted by atomic mass is 19.3. The number of ether oxygens (including phenoxy) is 1. The van der Waals surface area contributed by atoms with Crippen LogP contribution in [0.25, 0.3) is 0 Å². The summed E-state index contributed by atoms with van der Waals surface area (Å²) >= 11 is 0. The molecular weight excluding hydrogens is 194 g/mol. The normalized spacial score (nSPS) is 9.93. The molecular formula is C8H6F2N2O2. The quantitative estimate of drug-likeness (QED) is 0.787. The van der Waals surface area contributed by atoms with Crippen molar-refractivity contribution < 1.29 is 18.6 Å². The van der Waals surface area contributed by atoms with E-state index in [4.69, 9.17) is 10.4 Å². The zero-order chi connectivity index (χ0) is 10.7. The van der Waals surface area contributed by atoms with Gasteiger partial charge in [0.05, 0.1) is 12.7 Å². The molecule has 0 aliphatic rings. The number of aromatic hydroxyl groups is 1. The molecule has 0 saturated heterocycles. The van der Waals surface area contributed by atoms with Crippen LogP contribution >= 0.6 is 0 Å². The summed E-state index contributed by atoms with van der Waals surface area (Å²) in [5.74, 6) is -0.757. The van der Waals surface area contributed by atoms with Gasteiger partial charge in [0, 0.05) is 0 Å². The van der Waals surface area contributed by atoms with Crippen LogP contribution in [0.5, 0.6) is 11.6 Å². The van der Waals surface area contributed by atoms with Crippen LogP contribution in [0, 0.1) is 11.3 Å². The second kappa shape index (κ2) is 3.87. The molecule has 0 unspecified atom stereocenters. The second-order valence-corrected chi connectivity index (χ2v) is 2.37. The molecule has 0 spiro atoms. The van der Waals surface area contributed by atoms with Crippen molar-refractivity contribution in [3.63, 3.8) is 0 Å². The Kier molecular flexibility index (Phi) is 2.82. The van der Waals surface area contributed by atoms with Crippen LogP contribution in [0.15, 0.2) is 6.07 Å². The van der Waals surface area contributed by atoms with Gasteiger partial charge in [0.25, 0.3) is 12.3 Å². The van der Waals surface area contributed by atoms with Crippen LogP contribution < -0.4 is 4.74 Å². The van der Waals surface area contributed by atoms with E-state index >= 15 is 0 Å². The predicted octanol–water partition coefficient (Wildman–Crippen LogP) is 1.61. The van der Waals surface area contributed by atoms with Gasteiger partial charge < -0.3 is 9.84 Å². The maximum Gasteiger partial charge on any atom is 0.266 e. The first-order chi connectivity index (χ1) is 6.60. The first kappa shape index (κ1) is 10.2. The third-order valence-corrected chi connectivity index (χ3v) is 1.53. The lowest BCUT2D eigenvalue weighted by molar-refractivity contribution is 0.150. The standard InChI is InChI=1S/C8H6F2N2O2/c1-14-8-6(13)2-4(7(9)10)5(3-11)12-8/h2,7,13H,1H3. The molecule has 0 aliphatic carbocycles. The maximum absolute atomic E-state index is 12.3. The second-order valence-electron chi connectivity index (χ2n) is 2.37. The predicted molar refractivity (Wildman–Crippen MR) is 42.1 cm³/mol. The summed E-state index contributed by atoms with van der Waals surface area (Å²) in [4.78, 5) is 3.42. The van der Waals surface area contributed by atoms with Gasteiger partial charge in [-0.25, -0.2) is 8.78 Å². The van der Waals surface area contributed by atoms with Crippen LogP contribution in [-0.4, -0.2) is 17.2 Å². The Labute approximate surface area is 78.4 Å². The first-order valence-electron chi connectivity index (χ1n) is 3.56. The van der Waals surface area contributed by atoms with Crippen molar-refractivity contribution in [3.8, 4) is 17.7 Å². The summed E-state index contributed by atoms with van der Waals surface area (Å²) in [6.45, 7) is 0. The SMILES string of the molecule is COc1nc(C#N)c(C(F)F)cc1O.